The number of rotatable bonds is 4. The normalized spacial score (nSPS) is 10.2. The van der Waals surface area contributed by atoms with Crippen LogP contribution >= 0.6 is 0 Å². The Bertz CT molecular complexity index is 475. The highest BCUT2D eigenvalue weighted by atomic mass is 16.5. The highest BCUT2D eigenvalue weighted by Gasteiger charge is 2.04. The van der Waals surface area contributed by atoms with E-state index in [0.29, 0.717) is 6.42 Å². The molecule has 17 heavy (non-hydrogen) atoms. The molecule has 2 nitrogen and oxygen atoms in total. The van der Waals surface area contributed by atoms with Gasteiger partial charge in [0, 0.05) is 12.2 Å². The number of ether oxygens (including phenoxy) is 1. The Kier molecular flexibility index (Phi) is 3.78. The second kappa shape index (κ2) is 5.51. The van der Waals surface area contributed by atoms with Crippen LogP contribution in [0.5, 0.6) is 5.75 Å². The zero-order valence-electron chi connectivity index (χ0n) is 9.89. The standard InChI is InChI=1S/C15H16O2/c1-17-15-5-3-2-4-14(15)13-8-6-12(7-9-13)10-11-16/h2-9,16H,10-11H2,1H3. The van der Waals surface area contributed by atoms with Crippen molar-refractivity contribution in [2.45, 2.75) is 6.42 Å². The van der Waals surface area contributed by atoms with E-state index < -0.39 is 0 Å². The Morgan fingerprint density at radius 2 is 1.71 bits per heavy atom. The third-order valence-electron chi connectivity index (χ3n) is 2.77. The molecule has 0 heterocycles. The van der Waals surface area contributed by atoms with Gasteiger partial charge in [-0.3, -0.25) is 0 Å². The average Bonchev–Trinajstić information content (AvgIpc) is 2.40. The van der Waals surface area contributed by atoms with Crippen LogP contribution in [-0.2, 0) is 6.42 Å². The van der Waals surface area contributed by atoms with Crippen molar-refractivity contribution in [1.82, 2.24) is 0 Å². The van der Waals surface area contributed by atoms with Gasteiger partial charge in [0.2, 0.25) is 0 Å². The summed E-state index contributed by atoms with van der Waals surface area (Å²) in [5.74, 6) is 0.877. The first kappa shape index (κ1) is 11.7. The lowest BCUT2D eigenvalue weighted by atomic mass is 10.0. The highest BCUT2D eigenvalue weighted by molar-refractivity contribution is 5.70. The maximum atomic E-state index is 8.87. The van der Waals surface area contributed by atoms with Gasteiger partial charge < -0.3 is 9.84 Å². The summed E-state index contributed by atoms with van der Waals surface area (Å²) < 4.78 is 5.34. The average molecular weight is 228 g/mol. The van der Waals surface area contributed by atoms with Crippen LogP contribution in [0, 0.1) is 0 Å². The van der Waals surface area contributed by atoms with Crippen LogP contribution in [0.3, 0.4) is 0 Å². The van der Waals surface area contributed by atoms with Crippen molar-refractivity contribution in [3.63, 3.8) is 0 Å². The Balaban J connectivity index is 2.33. The van der Waals surface area contributed by atoms with Gasteiger partial charge in [-0.2, -0.15) is 0 Å². The minimum absolute atomic E-state index is 0.188. The van der Waals surface area contributed by atoms with E-state index >= 15 is 0 Å². The summed E-state index contributed by atoms with van der Waals surface area (Å²) in [6.07, 6.45) is 0.701. The summed E-state index contributed by atoms with van der Waals surface area (Å²) in [5.41, 5.74) is 3.36. The van der Waals surface area contributed by atoms with Gasteiger partial charge in [0.05, 0.1) is 7.11 Å². The molecule has 2 aromatic carbocycles. The molecule has 1 N–H and O–H groups in total. The van der Waals surface area contributed by atoms with E-state index in [-0.39, 0.29) is 6.61 Å². The third-order valence-corrected chi connectivity index (χ3v) is 2.77. The fraction of sp³-hybridized carbons (Fsp3) is 0.200. The van der Waals surface area contributed by atoms with Crippen molar-refractivity contribution >= 4 is 0 Å². The summed E-state index contributed by atoms with van der Waals surface area (Å²) in [6, 6.07) is 16.2. The Hall–Kier alpha value is -1.80. The summed E-state index contributed by atoms with van der Waals surface area (Å²) in [4.78, 5) is 0. The lowest BCUT2D eigenvalue weighted by Gasteiger charge is -2.08. The van der Waals surface area contributed by atoms with E-state index in [1.54, 1.807) is 7.11 Å². The van der Waals surface area contributed by atoms with Crippen molar-refractivity contribution in [1.29, 1.82) is 0 Å². The fourth-order valence-corrected chi connectivity index (χ4v) is 1.86. The highest BCUT2D eigenvalue weighted by Crippen LogP contribution is 2.29. The van der Waals surface area contributed by atoms with E-state index in [0.717, 1.165) is 22.4 Å². The minimum atomic E-state index is 0.188. The molecule has 0 saturated heterocycles. The summed E-state index contributed by atoms with van der Waals surface area (Å²) in [5, 5.41) is 8.87. The number of methoxy groups -OCH3 is 1. The number of hydrogen-bond acceptors (Lipinski definition) is 2. The smallest absolute Gasteiger partial charge is 0.126 e. The van der Waals surface area contributed by atoms with Crippen molar-refractivity contribution in [2.75, 3.05) is 13.7 Å². The molecule has 0 spiro atoms. The van der Waals surface area contributed by atoms with Crippen LogP contribution in [-0.4, -0.2) is 18.8 Å². The predicted molar refractivity (Wildman–Crippen MR) is 69.2 cm³/mol. The summed E-state index contributed by atoms with van der Waals surface area (Å²) in [7, 11) is 1.68. The van der Waals surface area contributed by atoms with Gasteiger partial charge >= 0.3 is 0 Å². The first-order valence-corrected chi connectivity index (χ1v) is 5.68. The van der Waals surface area contributed by atoms with Gasteiger partial charge in [-0.25, -0.2) is 0 Å². The van der Waals surface area contributed by atoms with Crippen molar-refractivity contribution in [2.24, 2.45) is 0 Å². The van der Waals surface area contributed by atoms with E-state index in [4.69, 9.17) is 9.84 Å². The molecule has 0 fully saturated rings. The van der Waals surface area contributed by atoms with E-state index in [2.05, 4.69) is 12.1 Å². The zero-order chi connectivity index (χ0) is 12.1. The molecule has 0 aromatic heterocycles. The third kappa shape index (κ3) is 2.66. The molecule has 0 bridgehead atoms. The first-order valence-electron chi connectivity index (χ1n) is 5.68. The molecule has 2 aromatic rings. The van der Waals surface area contributed by atoms with Crippen molar-refractivity contribution in [3.05, 3.63) is 54.1 Å². The van der Waals surface area contributed by atoms with Crippen LogP contribution in [0.1, 0.15) is 5.56 Å². The number of benzene rings is 2. The predicted octanol–water partition coefficient (Wildman–Crippen LogP) is 2.90. The van der Waals surface area contributed by atoms with Crippen molar-refractivity contribution < 1.29 is 9.84 Å². The molecule has 0 unspecified atom stereocenters. The SMILES string of the molecule is COc1ccccc1-c1ccc(CCO)cc1. The van der Waals surface area contributed by atoms with Gasteiger partial charge in [-0.05, 0) is 23.6 Å². The number of aliphatic hydroxyl groups is 1. The van der Waals surface area contributed by atoms with Gasteiger partial charge in [0.25, 0.3) is 0 Å². The molecule has 88 valence electrons. The van der Waals surface area contributed by atoms with Gasteiger partial charge in [0.15, 0.2) is 0 Å². The number of para-hydroxylation sites is 1. The Morgan fingerprint density at radius 1 is 1.00 bits per heavy atom. The molecule has 2 rings (SSSR count). The molecule has 0 atom stereocenters. The maximum Gasteiger partial charge on any atom is 0.126 e. The van der Waals surface area contributed by atoms with Crippen LogP contribution in [0.2, 0.25) is 0 Å². The van der Waals surface area contributed by atoms with Gasteiger partial charge in [-0.15, -0.1) is 0 Å². The molecular weight excluding hydrogens is 212 g/mol. The van der Waals surface area contributed by atoms with Crippen molar-refractivity contribution in [3.8, 4) is 16.9 Å². The van der Waals surface area contributed by atoms with Crippen LogP contribution in [0.4, 0.5) is 0 Å². The minimum Gasteiger partial charge on any atom is -0.496 e. The fourth-order valence-electron chi connectivity index (χ4n) is 1.86. The largest absolute Gasteiger partial charge is 0.496 e. The molecule has 0 aliphatic heterocycles. The van der Waals surface area contributed by atoms with Crippen LogP contribution < -0.4 is 4.74 Å². The lowest BCUT2D eigenvalue weighted by molar-refractivity contribution is 0.299. The van der Waals surface area contributed by atoms with Crippen LogP contribution in [0.15, 0.2) is 48.5 Å². The number of aliphatic hydroxyl groups excluding tert-OH is 1. The molecule has 2 heteroatoms. The molecule has 0 radical (unpaired) electrons. The topological polar surface area (TPSA) is 29.5 Å². The Morgan fingerprint density at radius 3 is 2.35 bits per heavy atom. The second-order valence-corrected chi connectivity index (χ2v) is 3.87. The van der Waals surface area contributed by atoms with Gasteiger partial charge in [0.1, 0.15) is 5.75 Å². The summed E-state index contributed by atoms with van der Waals surface area (Å²) >= 11 is 0. The Labute approximate surface area is 101 Å². The van der Waals surface area contributed by atoms with E-state index in [9.17, 15) is 0 Å². The van der Waals surface area contributed by atoms with Crippen LogP contribution in [0.25, 0.3) is 11.1 Å². The van der Waals surface area contributed by atoms with E-state index in [1.807, 2.05) is 36.4 Å². The second-order valence-electron chi connectivity index (χ2n) is 3.87. The quantitative estimate of drug-likeness (QED) is 0.871. The molecule has 0 aliphatic carbocycles. The first-order chi connectivity index (χ1) is 8.35. The monoisotopic (exact) mass is 228 g/mol. The molecule has 0 amide bonds. The zero-order valence-corrected chi connectivity index (χ0v) is 9.89. The molecule has 0 saturated carbocycles. The van der Waals surface area contributed by atoms with Gasteiger partial charge in [-0.1, -0.05) is 42.5 Å². The molecular formula is C15H16O2. The van der Waals surface area contributed by atoms with E-state index in [1.165, 1.54) is 0 Å². The lowest BCUT2D eigenvalue weighted by Crippen LogP contribution is -1.91. The summed E-state index contributed by atoms with van der Waals surface area (Å²) in [6.45, 7) is 0.188. The molecule has 0 aliphatic rings. The number of hydrogen-bond donors (Lipinski definition) is 1. The maximum absolute atomic E-state index is 8.87.